The van der Waals surface area contributed by atoms with E-state index < -0.39 is 0 Å². The maximum absolute atomic E-state index is 5.89. The highest BCUT2D eigenvalue weighted by Crippen LogP contribution is 2.18. The molecular formula is C11H9ClN4O. The van der Waals surface area contributed by atoms with Crippen LogP contribution in [0.4, 0.5) is 0 Å². The van der Waals surface area contributed by atoms with Crippen LogP contribution >= 0.6 is 11.6 Å². The summed E-state index contributed by atoms with van der Waals surface area (Å²) in [7, 11) is 0. The van der Waals surface area contributed by atoms with Gasteiger partial charge in [-0.3, -0.25) is 4.98 Å². The van der Waals surface area contributed by atoms with E-state index in [1.54, 1.807) is 18.6 Å². The molecule has 86 valence electrons. The number of hydrogen-bond donors (Lipinski definition) is 0. The second-order valence-electron chi connectivity index (χ2n) is 3.59. The van der Waals surface area contributed by atoms with Crippen LogP contribution in [0.2, 0.25) is 0 Å². The Morgan fingerprint density at radius 1 is 1.29 bits per heavy atom. The third-order valence-corrected chi connectivity index (χ3v) is 2.79. The number of rotatable bonds is 3. The first-order valence-corrected chi connectivity index (χ1v) is 5.66. The molecule has 6 heteroatoms. The molecule has 0 spiro atoms. The Balaban J connectivity index is 2.12. The minimum atomic E-state index is 0.350. The van der Waals surface area contributed by atoms with Gasteiger partial charge in [-0.15, -0.1) is 11.6 Å². The Hall–Kier alpha value is -1.88. The summed E-state index contributed by atoms with van der Waals surface area (Å²) in [5.41, 5.74) is 1.83. The van der Waals surface area contributed by atoms with Crippen molar-refractivity contribution in [3.8, 4) is 0 Å². The van der Waals surface area contributed by atoms with E-state index in [4.69, 9.17) is 16.1 Å². The molecular weight excluding hydrogens is 240 g/mol. The average molecular weight is 249 g/mol. The summed E-state index contributed by atoms with van der Waals surface area (Å²) in [5, 5.41) is 3.68. The molecule has 0 unspecified atom stereocenters. The summed E-state index contributed by atoms with van der Waals surface area (Å²) in [6.45, 7) is 0.572. The van der Waals surface area contributed by atoms with Gasteiger partial charge in [0.05, 0.1) is 30.3 Å². The topological polar surface area (TPSA) is 56.7 Å². The monoisotopic (exact) mass is 248 g/mol. The molecule has 0 atom stereocenters. The zero-order valence-corrected chi connectivity index (χ0v) is 9.63. The molecule has 0 N–H and O–H groups in total. The molecule has 0 radical (unpaired) electrons. The molecule has 0 saturated carbocycles. The van der Waals surface area contributed by atoms with Crippen molar-refractivity contribution in [1.82, 2.24) is 19.7 Å². The highest BCUT2D eigenvalue weighted by molar-refractivity contribution is 6.16. The first-order chi connectivity index (χ1) is 8.38. The predicted octanol–water partition coefficient (Wildman–Crippen LogP) is 2.21. The molecule has 3 aromatic rings. The largest absolute Gasteiger partial charge is 0.359 e. The summed E-state index contributed by atoms with van der Waals surface area (Å²) < 4.78 is 7.10. The van der Waals surface area contributed by atoms with E-state index in [-0.39, 0.29) is 0 Å². The van der Waals surface area contributed by atoms with Gasteiger partial charge in [0.15, 0.2) is 5.76 Å². The Morgan fingerprint density at radius 3 is 3.00 bits per heavy atom. The third-order valence-electron chi connectivity index (χ3n) is 2.55. The van der Waals surface area contributed by atoms with Crippen molar-refractivity contribution in [3.63, 3.8) is 0 Å². The molecule has 3 aromatic heterocycles. The van der Waals surface area contributed by atoms with Gasteiger partial charge >= 0.3 is 0 Å². The van der Waals surface area contributed by atoms with Crippen LogP contribution in [0.1, 0.15) is 11.6 Å². The minimum Gasteiger partial charge on any atom is -0.359 e. The lowest BCUT2D eigenvalue weighted by molar-refractivity contribution is 0.376. The van der Waals surface area contributed by atoms with Crippen molar-refractivity contribution in [2.24, 2.45) is 0 Å². The fraction of sp³-hybridized carbons (Fsp3) is 0.182. The number of halogens is 1. The highest BCUT2D eigenvalue weighted by Gasteiger charge is 2.11. The number of pyridine rings is 1. The summed E-state index contributed by atoms with van der Waals surface area (Å²) >= 11 is 5.89. The van der Waals surface area contributed by atoms with E-state index >= 15 is 0 Å². The standard InChI is InChI=1S/C11H9ClN4O/c12-5-11-15-9-6-13-3-2-10(9)16(11)7-8-1-4-14-17-8/h1-4,6H,5,7H2. The van der Waals surface area contributed by atoms with Crippen molar-refractivity contribution in [1.29, 1.82) is 0 Å². The first-order valence-electron chi connectivity index (χ1n) is 5.13. The smallest absolute Gasteiger partial charge is 0.156 e. The van der Waals surface area contributed by atoms with Gasteiger partial charge in [-0.25, -0.2) is 4.98 Å². The number of nitrogens with zero attached hydrogens (tertiary/aromatic N) is 4. The zero-order valence-electron chi connectivity index (χ0n) is 8.88. The molecule has 0 bridgehead atoms. The van der Waals surface area contributed by atoms with Crippen LogP contribution in [-0.4, -0.2) is 19.7 Å². The minimum absolute atomic E-state index is 0.350. The van der Waals surface area contributed by atoms with Gasteiger partial charge in [0.1, 0.15) is 11.3 Å². The van der Waals surface area contributed by atoms with Crippen molar-refractivity contribution in [2.75, 3.05) is 0 Å². The summed E-state index contributed by atoms with van der Waals surface area (Å²) in [4.78, 5) is 8.46. The fourth-order valence-electron chi connectivity index (χ4n) is 1.79. The van der Waals surface area contributed by atoms with E-state index in [1.807, 2.05) is 16.7 Å². The Kier molecular flexibility index (Phi) is 2.53. The molecule has 0 aliphatic heterocycles. The van der Waals surface area contributed by atoms with Gasteiger partial charge in [0.2, 0.25) is 0 Å². The normalized spacial score (nSPS) is 11.1. The lowest BCUT2D eigenvalue weighted by Gasteiger charge is -2.04. The van der Waals surface area contributed by atoms with Gasteiger partial charge in [-0.05, 0) is 6.07 Å². The molecule has 0 amide bonds. The molecule has 0 fully saturated rings. The predicted molar refractivity (Wildman–Crippen MR) is 62.7 cm³/mol. The van der Waals surface area contributed by atoms with E-state index in [0.717, 1.165) is 22.6 Å². The van der Waals surface area contributed by atoms with Gasteiger partial charge in [-0.2, -0.15) is 0 Å². The van der Waals surface area contributed by atoms with Crippen LogP contribution in [0.5, 0.6) is 0 Å². The summed E-state index contributed by atoms with van der Waals surface area (Å²) in [6, 6.07) is 3.74. The van der Waals surface area contributed by atoms with Gasteiger partial charge in [0, 0.05) is 12.3 Å². The molecule has 17 heavy (non-hydrogen) atoms. The SMILES string of the molecule is ClCc1nc2cnccc2n1Cc1ccno1. The highest BCUT2D eigenvalue weighted by atomic mass is 35.5. The van der Waals surface area contributed by atoms with Crippen molar-refractivity contribution in [3.05, 3.63) is 42.3 Å². The number of imidazole rings is 1. The lowest BCUT2D eigenvalue weighted by Crippen LogP contribution is -2.02. The quantitative estimate of drug-likeness (QED) is 0.667. The maximum Gasteiger partial charge on any atom is 0.156 e. The molecule has 0 saturated heterocycles. The van der Waals surface area contributed by atoms with Crippen molar-refractivity contribution >= 4 is 22.6 Å². The second-order valence-corrected chi connectivity index (χ2v) is 3.86. The van der Waals surface area contributed by atoms with Gasteiger partial charge < -0.3 is 9.09 Å². The van der Waals surface area contributed by atoms with Crippen LogP contribution in [0.15, 0.2) is 35.2 Å². The zero-order chi connectivity index (χ0) is 11.7. The Morgan fingerprint density at radius 2 is 2.24 bits per heavy atom. The molecule has 3 heterocycles. The number of alkyl halides is 1. The second kappa shape index (κ2) is 4.18. The average Bonchev–Trinajstić information content (AvgIpc) is 2.98. The molecule has 0 aliphatic rings. The lowest BCUT2D eigenvalue weighted by atomic mass is 10.4. The number of hydrogen-bond acceptors (Lipinski definition) is 4. The van der Waals surface area contributed by atoms with Crippen molar-refractivity contribution < 1.29 is 4.52 Å². The van der Waals surface area contributed by atoms with Gasteiger partial charge in [0.25, 0.3) is 0 Å². The molecule has 0 aromatic carbocycles. The van der Waals surface area contributed by atoms with E-state index in [2.05, 4.69) is 15.1 Å². The molecule has 0 aliphatic carbocycles. The molecule has 3 rings (SSSR count). The third kappa shape index (κ3) is 1.78. The van der Waals surface area contributed by atoms with Crippen molar-refractivity contribution in [2.45, 2.75) is 12.4 Å². The van der Waals surface area contributed by atoms with E-state index in [9.17, 15) is 0 Å². The van der Waals surface area contributed by atoms with Crippen LogP contribution in [0, 0.1) is 0 Å². The Labute approximate surface area is 102 Å². The van der Waals surface area contributed by atoms with E-state index in [0.29, 0.717) is 12.4 Å². The fourth-order valence-corrected chi connectivity index (χ4v) is 1.99. The summed E-state index contributed by atoms with van der Waals surface area (Å²) in [6.07, 6.45) is 5.08. The van der Waals surface area contributed by atoms with Crippen LogP contribution in [0.3, 0.4) is 0 Å². The Bertz CT molecular complexity index is 632. The number of fused-ring (bicyclic) bond motifs is 1. The maximum atomic E-state index is 5.89. The van der Waals surface area contributed by atoms with E-state index in [1.165, 1.54) is 0 Å². The number of aromatic nitrogens is 4. The van der Waals surface area contributed by atoms with Gasteiger partial charge in [-0.1, -0.05) is 5.16 Å². The molecule has 5 nitrogen and oxygen atoms in total. The first kappa shape index (κ1) is 10.3. The summed E-state index contributed by atoms with van der Waals surface area (Å²) in [5.74, 6) is 1.92. The van der Waals surface area contributed by atoms with Crippen LogP contribution in [0.25, 0.3) is 11.0 Å². The van der Waals surface area contributed by atoms with Crippen LogP contribution < -0.4 is 0 Å². The van der Waals surface area contributed by atoms with Crippen LogP contribution in [-0.2, 0) is 12.4 Å².